The Labute approximate surface area is 500 Å². The summed E-state index contributed by atoms with van der Waals surface area (Å²) in [5.41, 5.74) is 0. The molecule has 0 bridgehead atoms. The van der Waals surface area contributed by atoms with Crippen LogP contribution in [0.2, 0.25) is 0 Å². The maximum atomic E-state index is 12.5. The predicted octanol–water partition coefficient (Wildman–Crippen LogP) is 23.5. The first-order valence-corrected chi connectivity index (χ1v) is 36.3. The number of carbonyl (C=O) groups is 2. The van der Waals surface area contributed by atoms with E-state index in [1.807, 2.05) is 6.08 Å². The molecule has 0 saturated heterocycles. The first-order valence-electron chi connectivity index (χ1n) is 36.3. The normalized spacial score (nSPS) is 12.7. The van der Waals surface area contributed by atoms with Crippen LogP contribution >= 0.6 is 0 Å². The van der Waals surface area contributed by atoms with Gasteiger partial charge in [0.05, 0.1) is 25.4 Å². The number of allylic oxidation sites excluding steroid dienone is 5. The number of amides is 1. The topological polar surface area (TPSA) is 95.9 Å². The molecule has 0 fully saturated rings. The van der Waals surface area contributed by atoms with E-state index >= 15 is 0 Å². The minimum Gasteiger partial charge on any atom is -0.466 e. The first kappa shape index (κ1) is 78.1. The second kappa shape index (κ2) is 69.6. The summed E-state index contributed by atoms with van der Waals surface area (Å²) in [5.74, 6) is -0.0505. The van der Waals surface area contributed by atoms with Crippen molar-refractivity contribution in [1.82, 2.24) is 5.32 Å². The summed E-state index contributed by atoms with van der Waals surface area (Å²) in [6.07, 6.45) is 89.4. The number of unbranched alkanes of at least 4 members (excludes halogenated alkanes) is 53. The predicted molar refractivity (Wildman–Crippen MR) is 352 cm³/mol. The first-order chi connectivity index (χ1) is 39.5. The van der Waals surface area contributed by atoms with Gasteiger partial charge in [-0.15, -0.1) is 0 Å². The fourth-order valence-corrected chi connectivity index (χ4v) is 11.4. The molecule has 0 aromatic heterocycles. The maximum Gasteiger partial charge on any atom is 0.305 e. The molecule has 0 aliphatic heterocycles. The van der Waals surface area contributed by atoms with E-state index in [1.54, 1.807) is 6.08 Å². The molecule has 6 nitrogen and oxygen atoms in total. The Morgan fingerprint density at radius 1 is 0.350 bits per heavy atom. The van der Waals surface area contributed by atoms with Crippen molar-refractivity contribution in [2.45, 2.75) is 411 Å². The number of hydrogen-bond donors (Lipinski definition) is 3. The summed E-state index contributed by atoms with van der Waals surface area (Å²) in [6, 6.07) is -0.630. The number of esters is 1. The summed E-state index contributed by atoms with van der Waals surface area (Å²) in [4.78, 5) is 24.6. The SMILES string of the molecule is CCCCCCCCCCCCCCCCCCC/C=C/C(O)C(CO)NC(=O)CCCCCCCCCCCCCCC/C=C\C/C=C\CCCCCCCCCCCOC(=O)CCCCCCCCCCCCCCCCC. The third-order valence-electron chi connectivity index (χ3n) is 16.9. The molecule has 0 aliphatic carbocycles. The molecular weight excluding hydrogens is 983 g/mol. The molecule has 0 radical (unpaired) electrons. The highest BCUT2D eigenvalue weighted by atomic mass is 16.5. The molecule has 3 N–H and O–H groups in total. The van der Waals surface area contributed by atoms with Crippen LogP contribution < -0.4 is 5.32 Å². The minimum absolute atomic E-state index is 0.0151. The number of rotatable bonds is 68. The summed E-state index contributed by atoms with van der Waals surface area (Å²) in [5, 5.41) is 23.2. The van der Waals surface area contributed by atoms with Crippen molar-refractivity contribution < 1.29 is 24.5 Å². The monoisotopic (exact) mass is 1120 g/mol. The highest BCUT2D eigenvalue weighted by Crippen LogP contribution is 2.19. The number of ether oxygens (including phenoxy) is 1. The number of nitrogens with one attached hydrogen (secondary N) is 1. The molecule has 472 valence electrons. The highest BCUT2D eigenvalue weighted by Gasteiger charge is 2.18. The van der Waals surface area contributed by atoms with Gasteiger partial charge in [-0.1, -0.05) is 359 Å². The average Bonchev–Trinajstić information content (AvgIpc) is 3.46. The van der Waals surface area contributed by atoms with Gasteiger partial charge in [0.1, 0.15) is 0 Å². The summed E-state index contributed by atoms with van der Waals surface area (Å²) in [6.45, 7) is 4.94. The molecule has 0 aliphatic rings. The van der Waals surface area contributed by atoms with Crippen molar-refractivity contribution in [3.05, 3.63) is 36.5 Å². The van der Waals surface area contributed by atoms with Gasteiger partial charge in [-0.2, -0.15) is 0 Å². The van der Waals surface area contributed by atoms with Crippen molar-refractivity contribution in [3.8, 4) is 0 Å². The zero-order valence-corrected chi connectivity index (χ0v) is 54.1. The lowest BCUT2D eigenvalue weighted by atomic mass is 10.0. The smallest absolute Gasteiger partial charge is 0.305 e. The van der Waals surface area contributed by atoms with Crippen molar-refractivity contribution in [2.75, 3.05) is 13.2 Å². The third kappa shape index (κ3) is 65.2. The quantitative estimate of drug-likeness (QED) is 0.0320. The Morgan fingerprint density at radius 3 is 0.950 bits per heavy atom. The minimum atomic E-state index is -0.846. The van der Waals surface area contributed by atoms with Crippen LogP contribution in [0.4, 0.5) is 0 Å². The second-order valence-electron chi connectivity index (χ2n) is 24.9. The van der Waals surface area contributed by atoms with Crippen molar-refractivity contribution >= 4 is 11.9 Å². The summed E-state index contributed by atoms with van der Waals surface area (Å²) in [7, 11) is 0. The van der Waals surface area contributed by atoms with E-state index in [0.29, 0.717) is 19.4 Å². The molecule has 2 atom stereocenters. The molecule has 0 rings (SSSR count). The van der Waals surface area contributed by atoms with E-state index in [0.717, 1.165) is 44.9 Å². The average molecular weight is 1120 g/mol. The van der Waals surface area contributed by atoms with Crippen LogP contribution in [0.3, 0.4) is 0 Å². The zero-order chi connectivity index (χ0) is 57.8. The van der Waals surface area contributed by atoms with Crippen LogP contribution in [-0.4, -0.2) is 47.4 Å². The number of aliphatic hydroxyl groups excluding tert-OH is 2. The number of hydrogen-bond acceptors (Lipinski definition) is 5. The Hall–Kier alpha value is -1.92. The largest absolute Gasteiger partial charge is 0.466 e. The van der Waals surface area contributed by atoms with Crippen LogP contribution in [0.5, 0.6) is 0 Å². The molecular formula is C74H141NO5. The van der Waals surface area contributed by atoms with Gasteiger partial charge in [0, 0.05) is 12.8 Å². The fourth-order valence-electron chi connectivity index (χ4n) is 11.4. The van der Waals surface area contributed by atoms with Crippen molar-refractivity contribution in [2.24, 2.45) is 0 Å². The molecule has 80 heavy (non-hydrogen) atoms. The van der Waals surface area contributed by atoms with Gasteiger partial charge in [0.15, 0.2) is 0 Å². The van der Waals surface area contributed by atoms with Gasteiger partial charge < -0.3 is 20.3 Å². The Balaban J connectivity index is 3.42. The lowest BCUT2D eigenvalue weighted by Gasteiger charge is -2.20. The number of aliphatic hydroxyl groups is 2. The van der Waals surface area contributed by atoms with E-state index < -0.39 is 12.1 Å². The standard InChI is InChI=1S/C74H141NO5/c1-3-5-7-9-11-13-15-17-19-20-32-35-39-42-46-50-54-58-62-66-72(77)71(70-76)75-73(78)67-63-59-55-51-47-43-40-36-33-30-28-26-24-22-21-23-25-27-29-31-34-37-41-45-49-53-57-61-65-69-80-74(79)68-64-60-56-52-48-44-38-18-16-14-12-10-8-6-4-2/h21,23,27,29,62,66,71-72,76-77H,3-20,22,24-26,28,30-61,63-65,67-70H2,1-2H3,(H,75,78)/b23-21-,29-27-,66-62+. The van der Waals surface area contributed by atoms with Gasteiger partial charge in [-0.3, -0.25) is 9.59 Å². The van der Waals surface area contributed by atoms with E-state index in [9.17, 15) is 19.8 Å². The maximum absolute atomic E-state index is 12.5. The molecule has 0 saturated carbocycles. The van der Waals surface area contributed by atoms with Gasteiger partial charge in [-0.05, 0) is 64.2 Å². The van der Waals surface area contributed by atoms with E-state index in [1.165, 1.54) is 327 Å². The van der Waals surface area contributed by atoms with Crippen molar-refractivity contribution in [1.29, 1.82) is 0 Å². The Bertz CT molecular complexity index is 1300. The lowest BCUT2D eigenvalue weighted by Crippen LogP contribution is -2.45. The van der Waals surface area contributed by atoms with Crippen LogP contribution in [-0.2, 0) is 14.3 Å². The van der Waals surface area contributed by atoms with E-state index in [4.69, 9.17) is 4.74 Å². The zero-order valence-electron chi connectivity index (χ0n) is 54.1. The Morgan fingerprint density at radius 2 is 0.625 bits per heavy atom. The molecule has 2 unspecified atom stereocenters. The van der Waals surface area contributed by atoms with Crippen LogP contribution in [0.1, 0.15) is 399 Å². The lowest BCUT2D eigenvalue weighted by molar-refractivity contribution is -0.143. The molecule has 0 spiro atoms. The van der Waals surface area contributed by atoms with E-state index in [2.05, 4.69) is 43.5 Å². The van der Waals surface area contributed by atoms with Gasteiger partial charge in [0.2, 0.25) is 5.91 Å². The molecule has 0 aromatic carbocycles. The van der Waals surface area contributed by atoms with Gasteiger partial charge in [0.25, 0.3) is 0 Å². The molecule has 0 aromatic rings. The second-order valence-corrected chi connectivity index (χ2v) is 24.9. The Kier molecular flexibility index (Phi) is 67.9. The van der Waals surface area contributed by atoms with E-state index in [-0.39, 0.29) is 18.5 Å². The number of carbonyl (C=O) groups excluding carboxylic acids is 2. The highest BCUT2D eigenvalue weighted by molar-refractivity contribution is 5.76. The molecule has 0 heterocycles. The summed E-state index contributed by atoms with van der Waals surface area (Å²) >= 11 is 0. The molecule has 1 amide bonds. The van der Waals surface area contributed by atoms with Gasteiger partial charge in [-0.25, -0.2) is 0 Å². The van der Waals surface area contributed by atoms with Crippen LogP contribution in [0, 0.1) is 0 Å². The molecule has 6 heteroatoms. The van der Waals surface area contributed by atoms with Gasteiger partial charge >= 0.3 is 5.97 Å². The van der Waals surface area contributed by atoms with Crippen molar-refractivity contribution in [3.63, 3.8) is 0 Å². The van der Waals surface area contributed by atoms with Crippen LogP contribution in [0.25, 0.3) is 0 Å². The van der Waals surface area contributed by atoms with Crippen LogP contribution in [0.15, 0.2) is 36.5 Å². The third-order valence-corrected chi connectivity index (χ3v) is 16.9. The fraction of sp³-hybridized carbons (Fsp3) is 0.892. The summed E-state index contributed by atoms with van der Waals surface area (Å²) < 4.78 is 5.49.